The molecule has 1 heterocycles. The van der Waals surface area contributed by atoms with Crippen molar-refractivity contribution in [3.8, 4) is 28.3 Å². The van der Waals surface area contributed by atoms with Crippen LogP contribution >= 0.6 is 0 Å². The maximum absolute atomic E-state index is 14.0. The largest absolute Gasteiger partial charge is 0.491 e. The van der Waals surface area contributed by atoms with E-state index >= 15 is 0 Å². The van der Waals surface area contributed by atoms with Crippen LogP contribution in [0, 0.1) is 5.92 Å². The first-order valence-electron chi connectivity index (χ1n) is 11.4. The topological polar surface area (TPSA) is 35.0 Å². The van der Waals surface area contributed by atoms with Gasteiger partial charge in [-0.2, -0.15) is 0 Å². The summed E-state index contributed by atoms with van der Waals surface area (Å²) in [6.07, 6.45) is 8.41. The Morgan fingerprint density at radius 3 is 2.10 bits per heavy atom. The summed E-state index contributed by atoms with van der Waals surface area (Å²) in [4.78, 5) is 9.10. The Labute approximate surface area is 185 Å². The highest BCUT2D eigenvalue weighted by molar-refractivity contribution is 5.64. The summed E-state index contributed by atoms with van der Waals surface area (Å²) in [6.45, 7) is 6.21. The number of alkyl halides is 1. The lowest BCUT2D eigenvalue weighted by Crippen LogP contribution is -2.20. The van der Waals surface area contributed by atoms with E-state index in [0.717, 1.165) is 35.4 Å². The van der Waals surface area contributed by atoms with Gasteiger partial charge in [-0.3, -0.25) is 0 Å². The molecule has 4 heteroatoms. The third-order valence-corrected chi connectivity index (χ3v) is 5.79. The SMILES string of the molecule is CCCCCc1ccc(-c2ncc(-c3ccc(OCC(F)C(C)CC)cc3)cn2)cc1. The summed E-state index contributed by atoms with van der Waals surface area (Å²) in [7, 11) is 0. The summed E-state index contributed by atoms with van der Waals surface area (Å²) in [5, 5.41) is 0. The van der Waals surface area contributed by atoms with Crippen LogP contribution in [-0.4, -0.2) is 22.7 Å². The average molecular weight is 421 g/mol. The van der Waals surface area contributed by atoms with Crippen molar-refractivity contribution in [1.82, 2.24) is 9.97 Å². The molecule has 3 aromatic rings. The second kappa shape index (κ2) is 11.6. The predicted molar refractivity (Wildman–Crippen MR) is 126 cm³/mol. The zero-order valence-corrected chi connectivity index (χ0v) is 18.9. The number of hydrogen-bond donors (Lipinski definition) is 0. The Kier molecular flexibility index (Phi) is 8.57. The zero-order valence-electron chi connectivity index (χ0n) is 18.9. The van der Waals surface area contributed by atoms with E-state index in [4.69, 9.17) is 4.74 Å². The van der Waals surface area contributed by atoms with E-state index in [0.29, 0.717) is 5.75 Å². The predicted octanol–water partition coefficient (Wildman–Crippen LogP) is 7.31. The van der Waals surface area contributed by atoms with Gasteiger partial charge < -0.3 is 4.74 Å². The maximum atomic E-state index is 14.0. The van der Waals surface area contributed by atoms with E-state index in [1.807, 2.05) is 50.5 Å². The van der Waals surface area contributed by atoms with E-state index in [1.165, 1.54) is 24.8 Å². The molecule has 2 unspecified atom stereocenters. The molecule has 0 bridgehead atoms. The second-order valence-corrected chi connectivity index (χ2v) is 8.19. The monoisotopic (exact) mass is 420 g/mol. The van der Waals surface area contributed by atoms with Crippen molar-refractivity contribution >= 4 is 0 Å². The zero-order chi connectivity index (χ0) is 22.1. The van der Waals surface area contributed by atoms with Gasteiger partial charge in [0.15, 0.2) is 5.82 Å². The second-order valence-electron chi connectivity index (χ2n) is 8.19. The number of hydrogen-bond acceptors (Lipinski definition) is 3. The molecule has 0 radical (unpaired) electrons. The lowest BCUT2D eigenvalue weighted by molar-refractivity contribution is 0.145. The van der Waals surface area contributed by atoms with E-state index in [1.54, 1.807) is 0 Å². The molecule has 0 saturated carbocycles. The van der Waals surface area contributed by atoms with Gasteiger partial charge in [-0.1, -0.05) is 76.4 Å². The number of aryl methyl sites for hydroxylation is 1. The van der Waals surface area contributed by atoms with Crippen LogP contribution in [0.25, 0.3) is 22.5 Å². The van der Waals surface area contributed by atoms with Gasteiger partial charge in [0.1, 0.15) is 18.5 Å². The fourth-order valence-electron chi connectivity index (χ4n) is 3.37. The van der Waals surface area contributed by atoms with Crippen LogP contribution in [-0.2, 0) is 6.42 Å². The van der Waals surface area contributed by atoms with Crippen LogP contribution < -0.4 is 4.74 Å². The van der Waals surface area contributed by atoms with Gasteiger partial charge in [0.05, 0.1) is 0 Å². The fourth-order valence-corrected chi connectivity index (χ4v) is 3.37. The van der Waals surface area contributed by atoms with Crippen molar-refractivity contribution < 1.29 is 9.13 Å². The van der Waals surface area contributed by atoms with E-state index < -0.39 is 6.17 Å². The Morgan fingerprint density at radius 2 is 1.48 bits per heavy atom. The molecule has 0 aliphatic carbocycles. The molecule has 3 rings (SSSR count). The third-order valence-electron chi connectivity index (χ3n) is 5.79. The van der Waals surface area contributed by atoms with Crippen molar-refractivity contribution in [1.29, 1.82) is 0 Å². The van der Waals surface area contributed by atoms with Gasteiger partial charge in [0.25, 0.3) is 0 Å². The molecule has 0 aliphatic rings. The van der Waals surface area contributed by atoms with Crippen molar-refractivity contribution in [2.45, 2.75) is 59.0 Å². The molecule has 0 fully saturated rings. The summed E-state index contributed by atoms with van der Waals surface area (Å²) in [5.74, 6) is 1.40. The van der Waals surface area contributed by atoms with Crippen LogP contribution in [0.15, 0.2) is 60.9 Å². The van der Waals surface area contributed by atoms with Crippen molar-refractivity contribution in [2.75, 3.05) is 6.61 Å². The van der Waals surface area contributed by atoms with Gasteiger partial charge in [-0.15, -0.1) is 0 Å². The highest BCUT2D eigenvalue weighted by Crippen LogP contribution is 2.24. The molecule has 0 saturated heterocycles. The van der Waals surface area contributed by atoms with Gasteiger partial charge in [-0.05, 0) is 42.0 Å². The molecule has 1 aromatic heterocycles. The lowest BCUT2D eigenvalue weighted by atomic mass is 10.0. The van der Waals surface area contributed by atoms with E-state index in [-0.39, 0.29) is 12.5 Å². The van der Waals surface area contributed by atoms with Crippen molar-refractivity contribution in [2.24, 2.45) is 5.92 Å². The van der Waals surface area contributed by atoms with Gasteiger partial charge >= 0.3 is 0 Å². The molecule has 0 N–H and O–H groups in total. The van der Waals surface area contributed by atoms with Gasteiger partial charge in [0, 0.05) is 23.5 Å². The van der Waals surface area contributed by atoms with Crippen molar-refractivity contribution in [3.05, 3.63) is 66.5 Å². The quantitative estimate of drug-likeness (QED) is 0.305. The minimum Gasteiger partial charge on any atom is -0.491 e. The number of nitrogens with zero attached hydrogens (tertiary/aromatic N) is 2. The third kappa shape index (κ3) is 6.61. The molecule has 2 aromatic carbocycles. The first kappa shape index (κ1) is 22.9. The first-order chi connectivity index (χ1) is 15.1. The smallest absolute Gasteiger partial charge is 0.159 e. The Morgan fingerprint density at radius 1 is 0.839 bits per heavy atom. The van der Waals surface area contributed by atoms with Crippen LogP contribution in [0.4, 0.5) is 4.39 Å². The number of aromatic nitrogens is 2. The number of rotatable bonds is 11. The lowest BCUT2D eigenvalue weighted by Gasteiger charge is -2.15. The number of unbranched alkanes of at least 4 members (excludes halogenated alkanes) is 2. The number of benzene rings is 2. The highest BCUT2D eigenvalue weighted by atomic mass is 19.1. The standard InChI is InChI=1S/C27H33FN2O/c1-4-6-7-8-21-9-11-23(12-10-21)27-29-17-24(18-30-27)22-13-15-25(16-14-22)31-19-26(28)20(3)5-2/h9-18,20,26H,4-8,19H2,1-3H3. The minimum atomic E-state index is -0.948. The normalized spacial score (nSPS) is 13.0. The first-order valence-corrected chi connectivity index (χ1v) is 11.4. The molecule has 31 heavy (non-hydrogen) atoms. The maximum Gasteiger partial charge on any atom is 0.159 e. The molecule has 0 aliphatic heterocycles. The Hall–Kier alpha value is -2.75. The van der Waals surface area contributed by atoms with Crippen LogP contribution in [0.1, 0.15) is 52.0 Å². The average Bonchev–Trinajstić information content (AvgIpc) is 2.83. The molecule has 0 spiro atoms. The summed E-state index contributed by atoms with van der Waals surface area (Å²) in [6, 6.07) is 16.2. The van der Waals surface area contributed by atoms with E-state index in [2.05, 4.69) is 41.2 Å². The van der Waals surface area contributed by atoms with Crippen LogP contribution in [0.2, 0.25) is 0 Å². The summed E-state index contributed by atoms with van der Waals surface area (Å²) >= 11 is 0. The Bertz CT molecular complexity index is 907. The number of halogens is 1. The summed E-state index contributed by atoms with van der Waals surface area (Å²) in [5.41, 5.74) is 4.33. The molecular weight excluding hydrogens is 387 g/mol. The highest BCUT2D eigenvalue weighted by Gasteiger charge is 2.15. The van der Waals surface area contributed by atoms with Crippen molar-refractivity contribution in [3.63, 3.8) is 0 Å². The Balaban J connectivity index is 1.59. The van der Waals surface area contributed by atoms with Gasteiger partial charge in [0.2, 0.25) is 0 Å². The minimum absolute atomic E-state index is 0.00666. The van der Waals surface area contributed by atoms with Crippen LogP contribution in [0.5, 0.6) is 5.75 Å². The molecule has 0 amide bonds. The van der Waals surface area contributed by atoms with E-state index in [9.17, 15) is 4.39 Å². The van der Waals surface area contributed by atoms with Crippen LogP contribution in [0.3, 0.4) is 0 Å². The molecule has 2 atom stereocenters. The van der Waals surface area contributed by atoms with Gasteiger partial charge in [-0.25, -0.2) is 14.4 Å². The summed E-state index contributed by atoms with van der Waals surface area (Å²) < 4.78 is 19.5. The molecule has 3 nitrogen and oxygen atoms in total. The molecular formula is C27H33FN2O. The fraction of sp³-hybridized carbons (Fsp3) is 0.407. The molecule has 164 valence electrons. The number of ether oxygens (including phenoxy) is 1.